The first-order valence-electron chi connectivity index (χ1n) is 8.62. The Morgan fingerprint density at radius 1 is 1.05 bits per heavy atom. The van der Waals surface area contributed by atoms with E-state index in [2.05, 4.69) is 5.32 Å². The molecule has 3 fully saturated rings. The predicted octanol–water partition coefficient (Wildman–Crippen LogP) is 4.36. The summed E-state index contributed by atoms with van der Waals surface area (Å²) >= 11 is 0. The van der Waals surface area contributed by atoms with Crippen molar-refractivity contribution in [2.24, 2.45) is 23.7 Å². The summed E-state index contributed by atoms with van der Waals surface area (Å²) < 4.78 is 13.7. The summed E-state index contributed by atoms with van der Waals surface area (Å²) in [6.07, 6.45) is 7.28. The van der Waals surface area contributed by atoms with Gasteiger partial charge in [0, 0.05) is 12.6 Å². The lowest BCUT2D eigenvalue weighted by molar-refractivity contribution is 0.208. The van der Waals surface area contributed by atoms with E-state index in [0.29, 0.717) is 6.04 Å². The lowest BCUT2D eigenvalue weighted by Crippen LogP contribution is -2.38. The van der Waals surface area contributed by atoms with Crippen LogP contribution in [0, 0.1) is 43.3 Å². The van der Waals surface area contributed by atoms with E-state index >= 15 is 0 Å². The number of hydrogen-bond acceptors (Lipinski definition) is 1. The number of halogens is 1. The molecule has 1 aromatic rings. The van der Waals surface area contributed by atoms with Gasteiger partial charge in [-0.3, -0.25) is 0 Å². The predicted molar refractivity (Wildman–Crippen MR) is 83.5 cm³/mol. The van der Waals surface area contributed by atoms with Crippen molar-refractivity contribution in [3.63, 3.8) is 0 Å². The molecule has 114 valence electrons. The zero-order valence-electron chi connectivity index (χ0n) is 13.2. The zero-order chi connectivity index (χ0) is 14.6. The molecule has 0 amide bonds. The van der Waals surface area contributed by atoms with Crippen LogP contribution in [0.3, 0.4) is 0 Å². The fraction of sp³-hybridized carbons (Fsp3) is 0.684. The number of aryl methyl sites for hydroxylation is 2. The van der Waals surface area contributed by atoms with Crippen molar-refractivity contribution in [1.82, 2.24) is 5.32 Å². The Morgan fingerprint density at radius 3 is 2.52 bits per heavy atom. The maximum absolute atomic E-state index is 13.7. The van der Waals surface area contributed by atoms with E-state index in [0.717, 1.165) is 41.3 Å². The van der Waals surface area contributed by atoms with Crippen molar-refractivity contribution in [3.8, 4) is 0 Å². The fourth-order valence-corrected chi connectivity index (χ4v) is 5.69. The molecular weight excluding hydrogens is 261 g/mol. The summed E-state index contributed by atoms with van der Waals surface area (Å²) in [6, 6.07) is 4.71. The molecule has 1 nitrogen and oxygen atoms in total. The quantitative estimate of drug-likeness (QED) is 0.871. The van der Waals surface area contributed by atoms with Crippen LogP contribution < -0.4 is 5.32 Å². The van der Waals surface area contributed by atoms with Crippen molar-refractivity contribution >= 4 is 0 Å². The minimum absolute atomic E-state index is 0.0486. The molecule has 0 spiro atoms. The summed E-state index contributed by atoms with van der Waals surface area (Å²) in [5.74, 6) is 3.94. The minimum Gasteiger partial charge on any atom is -0.310 e. The number of nitrogens with one attached hydrogen (secondary N) is 1. The third kappa shape index (κ3) is 2.23. The molecule has 0 radical (unpaired) electrons. The van der Waals surface area contributed by atoms with Gasteiger partial charge in [0.15, 0.2) is 0 Å². The van der Waals surface area contributed by atoms with E-state index in [4.69, 9.17) is 0 Å². The van der Waals surface area contributed by atoms with Crippen LogP contribution in [0.4, 0.5) is 4.39 Å². The molecule has 5 unspecified atom stereocenters. The zero-order valence-corrected chi connectivity index (χ0v) is 13.2. The third-order valence-electron chi connectivity index (χ3n) is 6.49. The van der Waals surface area contributed by atoms with E-state index in [1.165, 1.54) is 37.7 Å². The number of fused-ring (bicyclic) bond motifs is 5. The minimum atomic E-state index is -0.0486. The first-order chi connectivity index (χ1) is 10.1. The number of benzene rings is 1. The third-order valence-corrected chi connectivity index (χ3v) is 6.49. The maximum Gasteiger partial charge on any atom is 0.129 e. The van der Waals surface area contributed by atoms with Crippen LogP contribution in [0.1, 0.15) is 48.8 Å². The van der Waals surface area contributed by atoms with Crippen molar-refractivity contribution in [3.05, 3.63) is 34.6 Å². The highest BCUT2D eigenvalue weighted by Gasteiger charge is 2.53. The average Bonchev–Trinajstić information content (AvgIpc) is 3.13. The molecule has 0 saturated heterocycles. The van der Waals surface area contributed by atoms with Crippen LogP contribution in [-0.4, -0.2) is 6.04 Å². The highest BCUT2D eigenvalue weighted by Crippen LogP contribution is 2.58. The van der Waals surface area contributed by atoms with Crippen LogP contribution in [0.5, 0.6) is 0 Å². The highest BCUT2D eigenvalue weighted by atomic mass is 19.1. The second-order valence-electron chi connectivity index (χ2n) is 7.68. The van der Waals surface area contributed by atoms with Crippen LogP contribution in [0.15, 0.2) is 12.1 Å². The Morgan fingerprint density at radius 2 is 1.76 bits per heavy atom. The van der Waals surface area contributed by atoms with Gasteiger partial charge in [0.1, 0.15) is 5.82 Å². The van der Waals surface area contributed by atoms with E-state index in [-0.39, 0.29) is 5.82 Å². The van der Waals surface area contributed by atoms with Gasteiger partial charge >= 0.3 is 0 Å². The van der Waals surface area contributed by atoms with Gasteiger partial charge < -0.3 is 5.32 Å². The van der Waals surface area contributed by atoms with Crippen LogP contribution in [-0.2, 0) is 6.54 Å². The normalized spacial score (nSPS) is 37.2. The van der Waals surface area contributed by atoms with E-state index < -0.39 is 0 Å². The molecule has 2 bridgehead atoms. The van der Waals surface area contributed by atoms with Gasteiger partial charge in [0.25, 0.3) is 0 Å². The monoisotopic (exact) mass is 287 g/mol. The molecule has 3 aliphatic carbocycles. The van der Waals surface area contributed by atoms with Gasteiger partial charge in [-0.15, -0.1) is 0 Å². The van der Waals surface area contributed by atoms with Crippen molar-refractivity contribution in [2.75, 3.05) is 0 Å². The van der Waals surface area contributed by atoms with Gasteiger partial charge in [-0.05, 0) is 79.9 Å². The first-order valence-corrected chi connectivity index (χ1v) is 8.62. The van der Waals surface area contributed by atoms with Crippen molar-refractivity contribution < 1.29 is 4.39 Å². The van der Waals surface area contributed by atoms with Gasteiger partial charge in [0.2, 0.25) is 0 Å². The standard InChI is InChI=1S/C19H26FN/c1-11-6-13(7-12(2)19(11)20)10-21-18-9-14-8-17(18)16-5-3-4-15(14)16/h6-7,14-18,21H,3-5,8-10H2,1-2H3. The molecule has 4 rings (SSSR count). The Labute approximate surface area is 127 Å². The SMILES string of the molecule is Cc1cc(CNC2CC3CC2C2CCCC32)cc(C)c1F. The van der Waals surface area contributed by atoms with E-state index in [1.807, 2.05) is 26.0 Å². The smallest absolute Gasteiger partial charge is 0.129 e. The Kier molecular flexibility index (Phi) is 3.33. The van der Waals surface area contributed by atoms with E-state index in [1.54, 1.807) is 0 Å². The molecule has 21 heavy (non-hydrogen) atoms. The number of hydrogen-bond donors (Lipinski definition) is 1. The lowest BCUT2D eigenvalue weighted by Gasteiger charge is -2.32. The van der Waals surface area contributed by atoms with Crippen LogP contribution in [0.25, 0.3) is 0 Å². The van der Waals surface area contributed by atoms with Crippen LogP contribution >= 0.6 is 0 Å². The van der Waals surface area contributed by atoms with Gasteiger partial charge in [-0.25, -0.2) is 4.39 Å². The first kappa shape index (κ1) is 13.8. The maximum atomic E-state index is 13.7. The fourth-order valence-electron chi connectivity index (χ4n) is 5.69. The van der Waals surface area contributed by atoms with Crippen molar-refractivity contribution in [1.29, 1.82) is 0 Å². The van der Waals surface area contributed by atoms with Gasteiger partial charge in [-0.1, -0.05) is 18.6 Å². The Bertz CT molecular complexity index is 529. The molecule has 1 N–H and O–H groups in total. The molecule has 0 heterocycles. The molecule has 0 aliphatic heterocycles. The highest BCUT2D eigenvalue weighted by molar-refractivity contribution is 5.30. The Balaban J connectivity index is 1.42. The number of rotatable bonds is 3. The van der Waals surface area contributed by atoms with Gasteiger partial charge in [-0.2, -0.15) is 0 Å². The lowest BCUT2D eigenvalue weighted by atomic mass is 9.79. The summed E-state index contributed by atoms with van der Waals surface area (Å²) in [5.41, 5.74) is 2.78. The molecule has 2 heteroatoms. The van der Waals surface area contributed by atoms with Crippen molar-refractivity contribution in [2.45, 2.75) is 58.5 Å². The average molecular weight is 287 g/mol. The summed E-state index contributed by atoms with van der Waals surface area (Å²) in [6.45, 7) is 4.63. The second kappa shape index (κ2) is 5.08. The molecule has 5 atom stereocenters. The summed E-state index contributed by atoms with van der Waals surface area (Å²) in [5, 5.41) is 3.79. The Hall–Kier alpha value is -0.890. The van der Waals surface area contributed by atoms with Gasteiger partial charge in [0.05, 0.1) is 0 Å². The molecule has 3 saturated carbocycles. The molecule has 3 aliphatic rings. The summed E-state index contributed by atoms with van der Waals surface area (Å²) in [4.78, 5) is 0. The largest absolute Gasteiger partial charge is 0.310 e. The van der Waals surface area contributed by atoms with E-state index in [9.17, 15) is 4.39 Å². The summed E-state index contributed by atoms with van der Waals surface area (Å²) in [7, 11) is 0. The molecular formula is C19H26FN. The molecule has 1 aromatic carbocycles. The topological polar surface area (TPSA) is 12.0 Å². The second-order valence-corrected chi connectivity index (χ2v) is 7.68. The molecule has 0 aromatic heterocycles. The van der Waals surface area contributed by atoms with Crippen LogP contribution in [0.2, 0.25) is 0 Å².